The molecule has 0 saturated heterocycles. The first-order chi connectivity index (χ1) is 7.85. The number of aromatic amines is 1. The average Bonchev–Trinajstić information content (AvgIpc) is 2.72. The van der Waals surface area contributed by atoms with Crippen LogP contribution >= 0.6 is 0 Å². The van der Waals surface area contributed by atoms with Crippen LogP contribution < -0.4 is 0 Å². The Hall–Kier alpha value is -2.16. The minimum Gasteiger partial charge on any atom is -0.337 e. The van der Waals surface area contributed by atoms with Crippen molar-refractivity contribution in [3.05, 3.63) is 48.8 Å². The van der Waals surface area contributed by atoms with Crippen LogP contribution in [0.5, 0.6) is 0 Å². The van der Waals surface area contributed by atoms with Crippen LogP contribution in [-0.2, 0) is 0 Å². The third-order valence-corrected chi connectivity index (χ3v) is 2.18. The van der Waals surface area contributed by atoms with Gasteiger partial charge >= 0.3 is 0 Å². The molecular formula is C13H13N3. The van der Waals surface area contributed by atoms with Gasteiger partial charge in [-0.05, 0) is 25.1 Å². The molecule has 0 aliphatic rings. The van der Waals surface area contributed by atoms with E-state index in [1.165, 1.54) is 0 Å². The molecule has 16 heavy (non-hydrogen) atoms. The zero-order valence-corrected chi connectivity index (χ0v) is 9.14. The number of imidazole rings is 1. The summed E-state index contributed by atoms with van der Waals surface area (Å²) in [6.07, 6.45) is 5.27. The summed E-state index contributed by atoms with van der Waals surface area (Å²) < 4.78 is 0. The molecule has 1 heterocycles. The van der Waals surface area contributed by atoms with Gasteiger partial charge in [0.15, 0.2) is 5.82 Å². The number of nitrogens with zero attached hydrogens (tertiary/aromatic N) is 2. The summed E-state index contributed by atoms with van der Waals surface area (Å²) in [6.45, 7) is 5.54. The number of nitrogens with one attached hydrogen (secondary N) is 1. The van der Waals surface area contributed by atoms with E-state index in [1.807, 2.05) is 37.3 Å². The van der Waals surface area contributed by atoms with Crippen LogP contribution in [-0.4, -0.2) is 16.2 Å². The zero-order valence-electron chi connectivity index (χ0n) is 9.14. The lowest BCUT2D eigenvalue weighted by Gasteiger charge is -1.93. The lowest BCUT2D eigenvalue weighted by atomic mass is 10.3. The van der Waals surface area contributed by atoms with E-state index in [0.717, 1.165) is 22.6 Å². The van der Waals surface area contributed by atoms with Crippen LogP contribution in [0.3, 0.4) is 0 Å². The SMILES string of the molecule is C=C/C=C(\N=C/C)c1nc2ccccc2[nH]1. The summed E-state index contributed by atoms with van der Waals surface area (Å²) in [7, 11) is 0. The van der Waals surface area contributed by atoms with Crippen molar-refractivity contribution >= 4 is 22.9 Å². The molecule has 0 fully saturated rings. The van der Waals surface area contributed by atoms with E-state index in [2.05, 4.69) is 21.5 Å². The highest BCUT2D eigenvalue weighted by atomic mass is 15.0. The first-order valence-corrected chi connectivity index (χ1v) is 5.11. The average molecular weight is 211 g/mol. The molecule has 0 aliphatic carbocycles. The summed E-state index contributed by atoms with van der Waals surface area (Å²) in [5.74, 6) is 0.763. The van der Waals surface area contributed by atoms with Crippen LogP contribution in [0.15, 0.2) is 48.0 Å². The number of hydrogen-bond donors (Lipinski definition) is 1. The number of benzene rings is 1. The van der Waals surface area contributed by atoms with Crippen LogP contribution in [0.25, 0.3) is 16.7 Å². The second-order valence-electron chi connectivity index (χ2n) is 3.28. The van der Waals surface area contributed by atoms with Crippen molar-refractivity contribution in [3.8, 4) is 0 Å². The van der Waals surface area contributed by atoms with Crippen molar-refractivity contribution in [3.63, 3.8) is 0 Å². The maximum atomic E-state index is 4.46. The number of H-pyrrole nitrogens is 1. The monoisotopic (exact) mass is 211 g/mol. The van der Waals surface area contributed by atoms with Gasteiger partial charge in [-0.1, -0.05) is 24.8 Å². The molecule has 2 rings (SSSR count). The van der Waals surface area contributed by atoms with E-state index >= 15 is 0 Å². The standard InChI is InChI=1S/C13H13N3/c1-3-7-12(14-4-2)13-15-10-8-5-6-9-11(10)16-13/h3-9H,1H2,2H3,(H,15,16)/b12-7-,14-4-. The quantitative estimate of drug-likeness (QED) is 0.614. The maximum Gasteiger partial charge on any atom is 0.157 e. The second-order valence-corrected chi connectivity index (χ2v) is 3.28. The molecule has 3 nitrogen and oxygen atoms in total. The Morgan fingerprint density at radius 2 is 2.25 bits per heavy atom. The first-order valence-electron chi connectivity index (χ1n) is 5.11. The van der Waals surface area contributed by atoms with Crippen molar-refractivity contribution in [2.24, 2.45) is 4.99 Å². The highest BCUT2D eigenvalue weighted by Crippen LogP contribution is 2.17. The molecule has 1 aromatic carbocycles. The topological polar surface area (TPSA) is 41.0 Å². The highest BCUT2D eigenvalue weighted by molar-refractivity contribution is 5.80. The highest BCUT2D eigenvalue weighted by Gasteiger charge is 2.04. The Morgan fingerprint density at radius 3 is 2.94 bits per heavy atom. The number of para-hydroxylation sites is 2. The number of aliphatic imine (C=N–C) groups is 1. The summed E-state index contributed by atoms with van der Waals surface area (Å²) in [4.78, 5) is 11.9. The molecule has 0 saturated carbocycles. The van der Waals surface area contributed by atoms with Crippen LogP contribution in [0, 0.1) is 0 Å². The molecule has 2 aromatic rings. The van der Waals surface area contributed by atoms with Crippen LogP contribution in [0.1, 0.15) is 12.7 Å². The Kier molecular flexibility index (Phi) is 2.96. The number of rotatable bonds is 3. The lowest BCUT2D eigenvalue weighted by Crippen LogP contribution is -1.84. The van der Waals surface area contributed by atoms with Gasteiger partial charge in [-0.25, -0.2) is 4.98 Å². The Bertz CT molecular complexity index is 528. The lowest BCUT2D eigenvalue weighted by molar-refractivity contribution is 1.24. The molecule has 1 aromatic heterocycles. The molecule has 1 N–H and O–H groups in total. The van der Waals surface area contributed by atoms with E-state index in [-0.39, 0.29) is 0 Å². The molecule has 0 bridgehead atoms. The van der Waals surface area contributed by atoms with Gasteiger partial charge in [-0.15, -0.1) is 0 Å². The predicted octanol–water partition coefficient (Wildman–Crippen LogP) is 3.18. The summed E-state index contributed by atoms with van der Waals surface area (Å²) in [5, 5.41) is 0. The molecule has 0 atom stereocenters. The Balaban J connectivity index is 2.53. The molecule has 0 aliphatic heterocycles. The summed E-state index contributed by atoms with van der Waals surface area (Å²) >= 11 is 0. The van der Waals surface area contributed by atoms with Crippen LogP contribution in [0.4, 0.5) is 0 Å². The maximum absolute atomic E-state index is 4.46. The largest absolute Gasteiger partial charge is 0.337 e. The van der Waals surface area contributed by atoms with Gasteiger partial charge in [0.25, 0.3) is 0 Å². The number of allylic oxidation sites excluding steroid dienone is 2. The van der Waals surface area contributed by atoms with Gasteiger partial charge in [0.05, 0.1) is 11.0 Å². The van der Waals surface area contributed by atoms with Crippen molar-refractivity contribution in [2.45, 2.75) is 6.92 Å². The molecule has 0 unspecified atom stereocenters. The van der Waals surface area contributed by atoms with Crippen molar-refractivity contribution in [2.75, 3.05) is 0 Å². The Morgan fingerprint density at radius 1 is 1.44 bits per heavy atom. The fourth-order valence-corrected chi connectivity index (χ4v) is 1.51. The minimum atomic E-state index is 0.763. The first kappa shape index (κ1) is 10.4. The van der Waals surface area contributed by atoms with Gasteiger partial charge in [0.2, 0.25) is 0 Å². The van der Waals surface area contributed by atoms with Crippen molar-refractivity contribution < 1.29 is 0 Å². The molecule has 0 amide bonds. The fraction of sp³-hybridized carbons (Fsp3) is 0.0769. The van der Waals surface area contributed by atoms with E-state index in [9.17, 15) is 0 Å². The van der Waals surface area contributed by atoms with Crippen molar-refractivity contribution in [1.82, 2.24) is 9.97 Å². The van der Waals surface area contributed by atoms with E-state index in [4.69, 9.17) is 0 Å². The van der Waals surface area contributed by atoms with Crippen LogP contribution in [0.2, 0.25) is 0 Å². The third kappa shape index (κ3) is 1.93. The van der Waals surface area contributed by atoms with Gasteiger partial charge < -0.3 is 4.98 Å². The summed E-state index contributed by atoms with van der Waals surface area (Å²) in [6, 6.07) is 7.90. The van der Waals surface area contributed by atoms with E-state index < -0.39 is 0 Å². The second kappa shape index (κ2) is 4.57. The van der Waals surface area contributed by atoms with E-state index in [1.54, 1.807) is 12.3 Å². The fourth-order valence-electron chi connectivity index (χ4n) is 1.51. The van der Waals surface area contributed by atoms with Gasteiger partial charge in [0.1, 0.15) is 5.70 Å². The number of hydrogen-bond acceptors (Lipinski definition) is 2. The minimum absolute atomic E-state index is 0.763. The number of fused-ring (bicyclic) bond motifs is 1. The molecule has 80 valence electrons. The van der Waals surface area contributed by atoms with E-state index in [0.29, 0.717) is 0 Å². The normalized spacial score (nSPS) is 12.4. The van der Waals surface area contributed by atoms with Gasteiger partial charge in [-0.3, -0.25) is 4.99 Å². The molecule has 0 spiro atoms. The Labute approximate surface area is 94.2 Å². The van der Waals surface area contributed by atoms with Gasteiger partial charge in [0, 0.05) is 6.21 Å². The number of aromatic nitrogens is 2. The molecule has 3 heteroatoms. The molecule has 0 radical (unpaired) electrons. The third-order valence-electron chi connectivity index (χ3n) is 2.18. The van der Waals surface area contributed by atoms with Gasteiger partial charge in [-0.2, -0.15) is 0 Å². The zero-order chi connectivity index (χ0) is 11.4. The molecular weight excluding hydrogens is 198 g/mol. The smallest absolute Gasteiger partial charge is 0.157 e. The van der Waals surface area contributed by atoms with Crippen molar-refractivity contribution in [1.29, 1.82) is 0 Å². The summed E-state index contributed by atoms with van der Waals surface area (Å²) in [5.41, 5.74) is 2.74. The predicted molar refractivity (Wildman–Crippen MR) is 68.4 cm³/mol.